The second-order valence-electron chi connectivity index (χ2n) is 5.96. The van der Waals surface area contributed by atoms with Gasteiger partial charge in [0, 0.05) is 18.7 Å². The molecule has 1 aliphatic heterocycles. The minimum Gasteiger partial charge on any atom is -0.497 e. The highest BCUT2D eigenvalue weighted by Crippen LogP contribution is 2.29. The van der Waals surface area contributed by atoms with E-state index in [0.717, 1.165) is 17.3 Å². The highest BCUT2D eigenvalue weighted by Gasteiger charge is 2.42. The predicted octanol–water partition coefficient (Wildman–Crippen LogP) is 2.78. The number of rotatable bonds is 7. The second-order valence-corrected chi connectivity index (χ2v) is 7.43. The lowest BCUT2D eigenvalue weighted by Gasteiger charge is -2.22. The topological polar surface area (TPSA) is 82.1 Å². The van der Waals surface area contributed by atoms with Crippen molar-refractivity contribution in [3.05, 3.63) is 42.5 Å². The molecule has 0 spiro atoms. The van der Waals surface area contributed by atoms with Gasteiger partial charge in [-0.1, -0.05) is 36.5 Å². The van der Waals surface area contributed by atoms with Gasteiger partial charge in [-0.2, -0.15) is 0 Å². The first-order chi connectivity index (χ1) is 12.9. The summed E-state index contributed by atoms with van der Waals surface area (Å²) in [6.45, 7) is 5.34. The lowest BCUT2D eigenvalue weighted by atomic mass is 10.2. The van der Waals surface area contributed by atoms with Crippen LogP contribution in [0.2, 0.25) is 0 Å². The summed E-state index contributed by atoms with van der Waals surface area (Å²) >= 11 is 1.12. The number of ether oxygens (including phenoxy) is 3. The summed E-state index contributed by atoms with van der Waals surface area (Å²) in [6.07, 6.45) is 1.18. The Morgan fingerprint density at radius 1 is 1.26 bits per heavy atom. The van der Waals surface area contributed by atoms with E-state index in [9.17, 15) is 14.4 Å². The van der Waals surface area contributed by atoms with Crippen molar-refractivity contribution in [2.24, 2.45) is 0 Å². The molecule has 0 aliphatic carbocycles. The highest BCUT2D eigenvalue weighted by molar-refractivity contribution is 8.14. The van der Waals surface area contributed by atoms with Crippen molar-refractivity contribution in [3.63, 3.8) is 0 Å². The van der Waals surface area contributed by atoms with Crippen LogP contribution in [-0.4, -0.2) is 53.6 Å². The predicted molar refractivity (Wildman–Crippen MR) is 102 cm³/mol. The van der Waals surface area contributed by atoms with Crippen LogP contribution in [-0.2, 0) is 25.7 Å². The second kappa shape index (κ2) is 10.0. The van der Waals surface area contributed by atoms with E-state index in [1.165, 1.54) is 17.9 Å². The Morgan fingerprint density at radius 3 is 2.56 bits per heavy atom. The van der Waals surface area contributed by atoms with Crippen LogP contribution >= 0.6 is 11.8 Å². The summed E-state index contributed by atoms with van der Waals surface area (Å²) in [5.41, 5.74) is 0.803. The molecule has 1 aromatic rings. The number of carbonyl (C=O) groups is 3. The first kappa shape index (κ1) is 20.8. The van der Waals surface area contributed by atoms with Crippen molar-refractivity contribution in [1.82, 2.24) is 4.90 Å². The number of hydrogen-bond acceptors (Lipinski definition) is 7. The number of esters is 1. The molecule has 2 atom stereocenters. The Kier molecular flexibility index (Phi) is 7.72. The molecule has 0 aromatic heterocycles. The highest BCUT2D eigenvalue weighted by atomic mass is 32.2. The summed E-state index contributed by atoms with van der Waals surface area (Å²) in [6, 6.07) is 6.36. The van der Waals surface area contributed by atoms with Crippen LogP contribution in [0.1, 0.15) is 18.9 Å². The Labute approximate surface area is 162 Å². The van der Waals surface area contributed by atoms with E-state index < -0.39 is 18.1 Å². The molecule has 27 heavy (non-hydrogen) atoms. The standard InChI is InChI=1S/C19H23NO6S/c1-4-9-25-19(23)20-11-16(27-13(2)21)10-17(20)18(22)26-12-14-5-7-15(24-3)8-6-14/h4-8,16-17H,1,9-12H2,2-3H3. The number of benzene rings is 1. The molecule has 1 fully saturated rings. The molecule has 1 amide bonds. The molecule has 2 unspecified atom stereocenters. The number of nitrogens with zero attached hydrogens (tertiary/aromatic N) is 1. The van der Waals surface area contributed by atoms with Crippen LogP contribution in [0.4, 0.5) is 4.79 Å². The van der Waals surface area contributed by atoms with Crippen molar-refractivity contribution < 1.29 is 28.6 Å². The molecule has 1 aromatic carbocycles. The molecule has 1 saturated heterocycles. The van der Waals surface area contributed by atoms with Gasteiger partial charge in [-0.3, -0.25) is 9.69 Å². The Bertz CT molecular complexity index is 690. The molecule has 0 radical (unpaired) electrons. The van der Waals surface area contributed by atoms with E-state index in [1.54, 1.807) is 31.4 Å². The van der Waals surface area contributed by atoms with Gasteiger partial charge >= 0.3 is 12.1 Å². The molecular formula is C19H23NO6S. The third-order valence-electron chi connectivity index (χ3n) is 3.97. The van der Waals surface area contributed by atoms with Crippen LogP contribution in [0.5, 0.6) is 5.75 Å². The number of carbonyl (C=O) groups excluding carboxylic acids is 3. The fourth-order valence-electron chi connectivity index (χ4n) is 2.73. The first-order valence-corrected chi connectivity index (χ1v) is 9.33. The molecule has 1 aliphatic rings. The van der Waals surface area contributed by atoms with Crippen molar-refractivity contribution in [2.45, 2.75) is 31.2 Å². The van der Waals surface area contributed by atoms with Crippen LogP contribution < -0.4 is 4.74 Å². The molecular weight excluding hydrogens is 370 g/mol. The summed E-state index contributed by atoms with van der Waals surface area (Å²) in [4.78, 5) is 37.5. The number of hydrogen-bond donors (Lipinski definition) is 0. The lowest BCUT2D eigenvalue weighted by Crippen LogP contribution is -2.41. The van der Waals surface area contributed by atoms with Crippen molar-refractivity contribution in [2.75, 3.05) is 20.3 Å². The molecule has 146 valence electrons. The van der Waals surface area contributed by atoms with E-state index in [0.29, 0.717) is 12.2 Å². The van der Waals surface area contributed by atoms with Gasteiger partial charge in [-0.25, -0.2) is 9.59 Å². The van der Waals surface area contributed by atoms with Gasteiger partial charge in [-0.15, -0.1) is 0 Å². The van der Waals surface area contributed by atoms with Gasteiger partial charge in [0.05, 0.1) is 7.11 Å². The molecule has 0 N–H and O–H groups in total. The zero-order valence-electron chi connectivity index (χ0n) is 15.4. The van der Waals surface area contributed by atoms with Crippen molar-refractivity contribution in [1.29, 1.82) is 0 Å². The minimum absolute atomic E-state index is 0.0491. The molecule has 0 saturated carbocycles. The van der Waals surface area contributed by atoms with Gasteiger partial charge in [0.1, 0.15) is 25.0 Å². The van der Waals surface area contributed by atoms with Gasteiger partial charge in [-0.05, 0) is 24.1 Å². The summed E-state index contributed by atoms with van der Waals surface area (Å²) in [5.74, 6) is 0.189. The van der Waals surface area contributed by atoms with Gasteiger partial charge < -0.3 is 14.2 Å². The number of likely N-dealkylation sites (tertiary alicyclic amines) is 1. The monoisotopic (exact) mass is 393 g/mol. The zero-order valence-corrected chi connectivity index (χ0v) is 16.2. The van der Waals surface area contributed by atoms with Crippen LogP contribution in [0.25, 0.3) is 0 Å². The summed E-state index contributed by atoms with van der Waals surface area (Å²) in [5, 5.41) is -0.232. The van der Waals surface area contributed by atoms with E-state index >= 15 is 0 Å². The zero-order chi connectivity index (χ0) is 19.8. The van der Waals surface area contributed by atoms with Crippen LogP contribution in [0.15, 0.2) is 36.9 Å². The quantitative estimate of drug-likeness (QED) is 0.520. The van der Waals surface area contributed by atoms with Crippen LogP contribution in [0.3, 0.4) is 0 Å². The fourth-order valence-corrected chi connectivity index (χ4v) is 3.71. The van der Waals surface area contributed by atoms with Crippen molar-refractivity contribution in [3.8, 4) is 5.75 Å². The number of thioether (sulfide) groups is 1. The lowest BCUT2D eigenvalue weighted by molar-refractivity contribution is -0.149. The average Bonchev–Trinajstić information content (AvgIpc) is 3.07. The van der Waals surface area contributed by atoms with Crippen LogP contribution in [0, 0.1) is 0 Å². The maximum absolute atomic E-state index is 12.6. The normalized spacial score (nSPS) is 18.7. The molecule has 0 bridgehead atoms. The largest absolute Gasteiger partial charge is 0.497 e. The molecule has 2 rings (SSSR count). The summed E-state index contributed by atoms with van der Waals surface area (Å²) < 4.78 is 15.5. The first-order valence-electron chi connectivity index (χ1n) is 8.45. The third kappa shape index (κ3) is 6.02. The number of amides is 1. The van der Waals surface area contributed by atoms with Crippen molar-refractivity contribution >= 4 is 28.9 Å². The molecule has 8 heteroatoms. The summed E-state index contributed by atoms with van der Waals surface area (Å²) in [7, 11) is 1.57. The Morgan fingerprint density at radius 2 is 1.96 bits per heavy atom. The fraction of sp³-hybridized carbons (Fsp3) is 0.421. The van der Waals surface area contributed by atoms with E-state index in [2.05, 4.69) is 6.58 Å². The van der Waals surface area contributed by atoms with E-state index in [1.807, 2.05) is 0 Å². The van der Waals surface area contributed by atoms with E-state index in [-0.39, 0.29) is 30.1 Å². The Balaban J connectivity index is 2.00. The number of methoxy groups -OCH3 is 1. The molecule has 1 heterocycles. The Hall–Kier alpha value is -2.48. The van der Waals surface area contributed by atoms with Gasteiger partial charge in [0.25, 0.3) is 0 Å². The smallest absolute Gasteiger partial charge is 0.410 e. The average molecular weight is 393 g/mol. The van der Waals surface area contributed by atoms with E-state index in [4.69, 9.17) is 14.2 Å². The molecule has 7 nitrogen and oxygen atoms in total. The van der Waals surface area contributed by atoms with Gasteiger partial charge in [0.2, 0.25) is 0 Å². The minimum atomic E-state index is -0.780. The third-order valence-corrected chi connectivity index (χ3v) is 4.97. The van der Waals surface area contributed by atoms with Gasteiger partial charge in [0.15, 0.2) is 5.12 Å². The SMILES string of the molecule is C=CCOC(=O)N1CC(SC(C)=O)CC1C(=O)OCc1ccc(OC)cc1. The maximum Gasteiger partial charge on any atom is 0.410 e. The maximum atomic E-state index is 12.6.